The van der Waals surface area contributed by atoms with Gasteiger partial charge in [-0.2, -0.15) is 0 Å². The van der Waals surface area contributed by atoms with Crippen molar-refractivity contribution < 1.29 is 14.6 Å². The zero-order valence-electron chi connectivity index (χ0n) is 11.8. The molecule has 2 heterocycles. The van der Waals surface area contributed by atoms with E-state index in [4.69, 9.17) is 9.84 Å². The summed E-state index contributed by atoms with van der Waals surface area (Å²) in [5.74, 6) is 5.90. The van der Waals surface area contributed by atoms with Crippen LogP contribution in [0.25, 0.3) is 0 Å². The number of piperidine rings is 1. The normalized spacial score (nSPS) is 22.2. The predicted octanol–water partition coefficient (Wildman–Crippen LogP) is 1.59. The standard InChI is InChI=1S/C15H19NO3S/c1-11-5-7-16(10-13(11)19-2)15(18)14-12(4-3-8-17)6-9-20-14/h6,9,11,13,17H,5,7-8,10H2,1-2H3. The summed E-state index contributed by atoms with van der Waals surface area (Å²) in [6.45, 7) is 3.33. The lowest BCUT2D eigenvalue weighted by Gasteiger charge is -2.36. The average Bonchev–Trinajstić information content (AvgIpc) is 2.93. The number of thiophene rings is 1. The van der Waals surface area contributed by atoms with Crippen LogP contribution in [-0.2, 0) is 4.74 Å². The first kappa shape index (κ1) is 15.0. The third kappa shape index (κ3) is 3.21. The van der Waals surface area contributed by atoms with Crippen LogP contribution in [0.3, 0.4) is 0 Å². The average molecular weight is 293 g/mol. The van der Waals surface area contributed by atoms with Crippen molar-refractivity contribution in [2.24, 2.45) is 5.92 Å². The van der Waals surface area contributed by atoms with Gasteiger partial charge in [-0.3, -0.25) is 4.79 Å². The maximum absolute atomic E-state index is 12.6. The number of methoxy groups -OCH3 is 1. The summed E-state index contributed by atoms with van der Waals surface area (Å²) in [4.78, 5) is 15.0. The highest BCUT2D eigenvalue weighted by molar-refractivity contribution is 7.12. The summed E-state index contributed by atoms with van der Waals surface area (Å²) in [5, 5.41) is 10.6. The second-order valence-electron chi connectivity index (χ2n) is 4.91. The molecule has 1 aromatic rings. The van der Waals surface area contributed by atoms with Crippen LogP contribution in [0.5, 0.6) is 0 Å². The Balaban J connectivity index is 2.14. The van der Waals surface area contributed by atoms with E-state index in [1.165, 1.54) is 11.3 Å². The number of carbonyl (C=O) groups is 1. The van der Waals surface area contributed by atoms with Crippen LogP contribution in [0.15, 0.2) is 11.4 Å². The highest BCUT2D eigenvalue weighted by atomic mass is 32.1. The topological polar surface area (TPSA) is 49.8 Å². The number of amides is 1. The maximum Gasteiger partial charge on any atom is 0.265 e. The van der Waals surface area contributed by atoms with Crippen molar-refractivity contribution >= 4 is 17.2 Å². The molecule has 1 N–H and O–H groups in total. The Morgan fingerprint density at radius 2 is 2.45 bits per heavy atom. The molecule has 0 spiro atoms. The summed E-state index contributed by atoms with van der Waals surface area (Å²) in [5.41, 5.74) is 0.696. The van der Waals surface area contributed by atoms with Gasteiger partial charge in [-0.25, -0.2) is 0 Å². The number of carbonyl (C=O) groups excluding carboxylic acids is 1. The van der Waals surface area contributed by atoms with Crippen LogP contribution in [-0.4, -0.2) is 48.8 Å². The number of likely N-dealkylation sites (tertiary alicyclic amines) is 1. The Morgan fingerprint density at radius 1 is 1.65 bits per heavy atom. The number of nitrogens with zero attached hydrogens (tertiary/aromatic N) is 1. The molecule has 1 aromatic heterocycles. The Kier molecular flexibility index (Phi) is 5.18. The van der Waals surface area contributed by atoms with Crippen LogP contribution < -0.4 is 0 Å². The number of ether oxygens (including phenoxy) is 1. The van der Waals surface area contributed by atoms with Crippen molar-refractivity contribution in [2.45, 2.75) is 19.4 Å². The molecule has 1 saturated heterocycles. The molecule has 0 radical (unpaired) electrons. The number of hydrogen-bond acceptors (Lipinski definition) is 4. The van der Waals surface area contributed by atoms with E-state index in [9.17, 15) is 4.79 Å². The molecular formula is C15H19NO3S. The first-order chi connectivity index (χ1) is 9.67. The smallest absolute Gasteiger partial charge is 0.265 e. The van der Waals surface area contributed by atoms with Gasteiger partial charge in [-0.1, -0.05) is 18.8 Å². The Bertz CT molecular complexity index is 529. The molecule has 4 nitrogen and oxygen atoms in total. The summed E-state index contributed by atoms with van der Waals surface area (Å²) in [6, 6.07) is 1.82. The predicted molar refractivity (Wildman–Crippen MR) is 78.8 cm³/mol. The first-order valence-electron chi connectivity index (χ1n) is 6.66. The summed E-state index contributed by atoms with van der Waals surface area (Å²) in [6.07, 6.45) is 1.05. The van der Waals surface area contributed by atoms with Gasteiger partial charge < -0.3 is 14.7 Å². The fraction of sp³-hybridized carbons (Fsp3) is 0.533. The van der Waals surface area contributed by atoms with Crippen LogP contribution in [0.2, 0.25) is 0 Å². The van der Waals surface area contributed by atoms with Crippen LogP contribution in [0, 0.1) is 17.8 Å². The highest BCUT2D eigenvalue weighted by Gasteiger charge is 2.30. The van der Waals surface area contributed by atoms with Crippen LogP contribution in [0.1, 0.15) is 28.6 Å². The molecule has 0 aromatic carbocycles. The third-order valence-electron chi connectivity index (χ3n) is 3.64. The molecule has 1 aliphatic heterocycles. The molecule has 0 saturated carbocycles. The van der Waals surface area contributed by atoms with Gasteiger partial charge in [0.1, 0.15) is 11.5 Å². The van der Waals surface area contributed by atoms with Gasteiger partial charge in [-0.15, -0.1) is 11.3 Å². The van der Waals surface area contributed by atoms with Gasteiger partial charge in [0, 0.05) is 25.8 Å². The van der Waals surface area contributed by atoms with Crippen molar-refractivity contribution in [3.05, 3.63) is 21.9 Å². The van der Waals surface area contributed by atoms with E-state index in [0.29, 0.717) is 22.9 Å². The van der Waals surface area contributed by atoms with Gasteiger partial charge in [0.2, 0.25) is 0 Å². The monoisotopic (exact) mass is 293 g/mol. The first-order valence-corrected chi connectivity index (χ1v) is 7.54. The minimum atomic E-state index is -0.198. The van der Waals surface area contributed by atoms with Crippen molar-refractivity contribution in [2.75, 3.05) is 26.8 Å². The number of aliphatic hydroxyl groups excluding tert-OH is 1. The lowest BCUT2D eigenvalue weighted by molar-refractivity contribution is -0.00139. The van der Waals surface area contributed by atoms with E-state index in [1.807, 2.05) is 16.3 Å². The summed E-state index contributed by atoms with van der Waals surface area (Å²) in [7, 11) is 1.69. The van der Waals surface area contributed by atoms with E-state index in [-0.39, 0.29) is 18.6 Å². The minimum Gasteiger partial charge on any atom is -0.384 e. The van der Waals surface area contributed by atoms with Gasteiger partial charge in [-0.05, 0) is 23.8 Å². The van der Waals surface area contributed by atoms with E-state index < -0.39 is 0 Å². The van der Waals surface area contributed by atoms with Gasteiger partial charge in [0.05, 0.1) is 6.10 Å². The molecular weight excluding hydrogens is 274 g/mol. The van der Waals surface area contributed by atoms with E-state index in [0.717, 1.165) is 13.0 Å². The summed E-state index contributed by atoms with van der Waals surface area (Å²) < 4.78 is 5.44. The molecule has 108 valence electrons. The van der Waals surface area contributed by atoms with Crippen molar-refractivity contribution in [3.8, 4) is 11.8 Å². The zero-order chi connectivity index (χ0) is 14.5. The van der Waals surface area contributed by atoms with Crippen molar-refractivity contribution in [1.29, 1.82) is 0 Å². The molecule has 1 fully saturated rings. The number of rotatable bonds is 2. The van der Waals surface area contributed by atoms with Crippen LogP contribution >= 0.6 is 11.3 Å². The lowest BCUT2D eigenvalue weighted by Crippen LogP contribution is -2.46. The largest absolute Gasteiger partial charge is 0.384 e. The molecule has 2 rings (SSSR count). The molecule has 0 bridgehead atoms. The molecule has 5 heteroatoms. The van der Waals surface area contributed by atoms with Gasteiger partial charge in [0.25, 0.3) is 5.91 Å². The van der Waals surface area contributed by atoms with Gasteiger partial charge in [0.15, 0.2) is 0 Å². The third-order valence-corrected chi connectivity index (χ3v) is 4.54. The second-order valence-corrected chi connectivity index (χ2v) is 5.83. The SMILES string of the molecule is COC1CN(C(=O)c2sccc2C#CCO)CCC1C. The number of hydrogen-bond donors (Lipinski definition) is 1. The molecule has 1 amide bonds. The van der Waals surface area contributed by atoms with E-state index in [1.54, 1.807) is 7.11 Å². The molecule has 0 aliphatic carbocycles. The minimum absolute atomic E-state index is 0.0104. The van der Waals surface area contributed by atoms with E-state index >= 15 is 0 Å². The molecule has 2 unspecified atom stereocenters. The molecule has 20 heavy (non-hydrogen) atoms. The Morgan fingerprint density at radius 3 is 3.15 bits per heavy atom. The fourth-order valence-electron chi connectivity index (χ4n) is 2.38. The lowest BCUT2D eigenvalue weighted by atomic mass is 9.95. The summed E-state index contributed by atoms with van der Waals surface area (Å²) >= 11 is 1.40. The van der Waals surface area contributed by atoms with Crippen molar-refractivity contribution in [3.63, 3.8) is 0 Å². The molecule has 1 aliphatic rings. The zero-order valence-corrected chi connectivity index (χ0v) is 12.6. The Labute approximate surface area is 123 Å². The quantitative estimate of drug-likeness (QED) is 0.843. The Hall–Kier alpha value is -1.35. The second kappa shape index (κ2) is 6.89. The van der Waals surface area contributed by atoms with E-state index in [2.05, 4.69) is 18.8 Å². The van der Waals surface area contributed by atoms with Crippen LogP contribution in [0.4, 0.5) is 0 Å². The fourth-order valence-corrected chi connectivity index (χ4v) is 3.19. The maximum atomic E-state index is 12.6. The van der Waals surface area contributed by atoms with Gasteiger partial charge >= 0.3 is 0 Å². The highest BCUT2D eigenvalue weighted by Crippen LogP contribution is 2.24. The number of aliphatic hydroxyl groups is 1. The van der Waals surface area contributed by atoms with Crippen molar-refractivity contribution in [1.82, 2.24) is 4.90 Å². The molecule has 2 atom stereocenters.